The normalized spacial score (nSPS) is 20.5. The molecule has 32 heavy (non-hydrogen) atoms. The zero-order valence-corrected chi connectivity index (χ0v) is 18.7. The molecule has 2 heterocycles. The Balaban J connectivity index is 1.67. The number of esters is 1. The van der Waals surface area contributed by atoms with Crippen LogP contribution in [0.4, 0.5) is 0 Å². The number of β-lactam (4-membered cyclic amide) rings is 1. The van der Waals surface area contributed by atoms with Crippen molar-refractivity contribution in [3.05, 3.63) is 95.2 Å². The van der Waals surface area contributed by atoms with Gasteiger partial charge in [-0.2, -0.15) is 0 Å². The molecule has 1 amide bonds. The molecule has 4 rings (SSSR count). The van der Waals surface area contributed by atoms with Crippen LogP contribution in [0.5, 0.6) is 0 Å². The van der Waals surface area contributed by atoms with Crippen LogP contribution in [0.15, 0.2) is 84.1 Å². The van der Waals surface area contributed by atoms with E-state index in [-0.39, 0.29) is 17.0 Å². The summed E-state index contributed by atoms with van der Waals surface area (Å²) in [5.41, 5.74) is 8.75. The van der Waals surface area contributed by atoms with E-state index in [1.54, 1.807) is 18.9 Å². The maximum Gasteiger partial charge on any atom is 0.356 e. The van der Waals surface area contributed by atoms with Crippen LogP contribution in [-0.4, -0.2) is 47.7 Å². The third-order valence-electron chi connectivity index (χ3n) is 5.47. The molecule has 0 spiro atoms. The summed E-state index contributed by atoms with van der Waals surface area (Å²) in [5.74, 6) is -0.204. The number of fused-ring (bicyclic) bond motifs is 1. The Bertz CT molecular complexity index is 983. The molecule has 0 aromatic heterocycles. The molecule has 6 nitrogen and oxygen atoms in total. The number of ether oxygens (including phenoxy) is 2. The number of benzene rings is 2. The summed E-state index contributed by atoms with van der Waals surface area (Å²) in [5, 5.41) is -0.243. The fraction of sp³-hybridized carbons (Fsp3) is 0.280. The third-order valence-corrected chi connectivity index (χ3v) is 6.79. The number of carbonyl (C=O) groups is 2. The van der Waals surface area contributed by atoms with Crippen LogP contribution >= 0.6 is 11.8 Å². The van der Waals surface area contributed by atoms with Gasteiger partial charge < -0.3 is 15.2 Å². The second kappa shape index (κ2) is 10.2. The van der Waals surface area contributed by atoms with E-state index in [1.807, 2.05) is 72.8 Å². The zero-order valence-electron chi connectivity index (χ0n) is 17.8. The van der Waals surface area contributed by atoms with E-state index in [0.29, 0.717) is 18.8 Å². The fourth-order valence-electron chi connectivity index (χ4n) is 3.82. The van der Waals surface area contributed by atoms with E-state index in [9.17, 15) is 9.59 Å². The standard InChI is InChI=1S/C25H26N2O4S/c1-30-15-9-8-14-19-16-32-24-20(26)23(28)27(24)21(19)25(29)31-22(17-10-4-2-5-11-17)18-12-6-3-7-13-18/h2-8,10-14,20,22,24H,9,15-16,26H2,1H3/b14-8+/t20-,24-/m1/s1. The van der Waals surface area contributed by atoms with Crippen molar-refractivity contribution in [2.24, 2.45) is 5.73 Å². The number of methoxy groups -OCH3 is 1. The molecule has 0 unspecified atom stereocenters. The van der Waals surface area contributed by atoms with E-state index >= 15 is 0 Å². The Morgan fingerprint density at radius 2 is 1.78 bits per heavy atom. The van der Waals surface area contributed by atoms with Crippen molar-refractivity contribution < 1.29 is 19.1 Å². The summed E-state index contributed by atoms with van der Waals surface area (Å²) in [7, 11) is 1.64. The summed E-state index contributed by atoms with van der Waals surface area (Å²) in [6.07, 6.45) is 3.95. The van der Waals surface area contributed by atoms with E-state index in [2.05, 4.69) is 0 Å². The quantitative estimate of drug-likeness (QED) is 0.377. The van der Waals surface area contributed by atoms with Crippen molar-refractivity contribution >= 4 is 23.6 Å². The second-order valence-electron chi connectivity index (χ2n) is 7.60. The van der Waals surface area contributed by atoms with Crippen LogP contribution < -0.4 is 5.73 Å². The highest BCUT2D eigenvalue weighted by Gasteiger charge is 2.52. The monoisotopic (exact) mass is 450 g/mol. The first kappa shape index (κ1) is 22.3. The van der Waals surface area contributed by atoms with Gasteiger partial charge in [0, 0.05) is 19.5 Å². The average Bonchev–Trinajstić information content (AvgIpc) is 2.85. The van der Waals surface area contributed by atoms with E-state index < -0.39 is 18.1 Å². The lowest BCUT2D eigenvalue weighted by atomic mass is 10.0. The van der Waals surface area contributed by atoms with Gasteiger partial charge in [0.15, 0.2) is 6.10 Å². The predicted molar refractivity (Wildman–Crippen MR) is 125 cm³/mol. The molecular weight excluding hydrogens is 424 g/mol. The summed E-state index contributed by atoms with van der Waals surface area (Å²) in [6.45, 7) is 0.580. The van der Waals surface area contributed by atoms with Crippen LogP contribution in [0.3, 0.4) is 0 Å². The summed E-state index contributed by atoms with van der Waals surface area (Å²) >= 11 is 1.56. The van der Waals surface area contributed by atoms with Crippen LogP contribution in [0.2, 0.25) is 0 Å². The Morgan fingerprint density at radius 3 is 2.38 bits per heavy atom. The number of amides is 1. The Labute approximate surface area is 192 Å². The van der Waals surface area contributed by atoms with Crippen LogP contribution in [-0.2, 0) is 19.1 Å². The van der Waals surface area contributed by atoms with Crippen LogP contribution in [0.25, 0.3) is 0 Å². The van der Waals surface area contributed by atoms with Crippen molar-refractivity contribution in [2.75, 3.05) is 19.5 Å². The number of nitrogens with zero attached hydrogens (tertiary/aromatic N) is 1. The summed E-state index contributed by atoms with van der Waals surface area (Å²) < 4.78 is 11.1. The lowest BCUT2D eigenvalue weighted by Crippen LogP contribution is -2.68. The predicted octanol–water partition coefficient (Wildman–Crippen LogP) is 3.41. The lowest BCUT2D eigenvalue weighted by Gasteiger charge is -2.48. The average molecular weight is 451 g/mol. The molecule has 1 saturated heterocycles. The van der Waals surface area contributed by atoms with E-state index in [4.69, 9.17) is 15.2 Å². The van der Waals surface area contributed by atoms with Gasteiger partial charge in [-0.1, -0.05) is 72.8 Å². The number of hydrogen-bond acceptors (Lipinski definition) is 6. The van der Waals surface area contributed by atoms with Gasteiger partial charge in [-0.3, -0.25) is 9.69 Å². The Hall–Kier alpha value is -2.87. The van der Waals surface area contributed by atoms with Crippen molar-refractivity contribution in [1.29, 1.82) is 0 Å². The molecule has 2 aliphatic heterocycles. The van der Waals surface area contributed by atoms with Gasteiger partial charge in [-0.15, -0.1) is 11.8 Å². The van der Waals surface area contributed by atoms with E-state index in [1.165, 1.54) is 4.90 Å². The minimum Gasteiger partial charge on any atom is -0.448 e. The number of allylic oxidation sites excluding steroid dienone is 1. The van der Waals surface area contributed by atoms with Gasteiger partial charge >= 0.3 is 5.97 Å². The molecule has 0 saturated carbocycles. The van der Waals surface area contributed by atoms with Gasteiger partial charge in [-0.25, -0.2) is 4.79 Å². The smallest absolute Gasteiger partial charge is 0.356 e. The SMILES string of the molecule is COCC/C=C/C1=C(C(=O)OC(c2ccccc2)c2ccccc2)N2C(=O)[C@@H](N)[C@H]2SC1. The molecule has 166 valence electrons. The molecule has 0 radical (unpaired) electrons. The third kappa shape index (κ3) is 4.50. The van der Waals surface area contributed by atoms with Gasteiger partial charge in [0.25, 0.3) is 0 Å². The number of thioether (sulfide) groups is 1. The van der Waals surface area contributed by atoms with E-state index in [0.717, 1.165) is 16.7 Å². The minimum atomic E-state index is -0.596. The van der Waals surface area contributed by atoms with Crippen molar-refractivity contribution in [3.8, 4) is 0 Å². The fourth-order valence-corrected chi connectivity index (χ4v) is 5.08. The molecular formula is C25H26N2O4S. The molecule has 2 N–H and O–H groups in total. The molecule has 1 fully saturated rings. The first-order chi connectivity index (χ1) is 15.6. The summed E-state index contributed by atoms with van der Waals surface area (Å²) in [4.78, 5) is 27.6. The van der Waals surface area contributed by atoms with Crippen molar-refractivity contribution in [3.63, 3.8) is 0 Å². The highest BCUT2D eigenvalue weighted by Crippen LogP contribution is 2.41. The lowest BCUT2D eigenvalue weighted by molar-refractivity contribution is -0.153. The first-order valence-corrected chi connectivity index (χ1v) is 11.6. The largest absolute Gasteiger partial charge is 0.448 e. The number of nitrogens with two attached hydrogens (primary N) is 1. The van der Waals surface area contributed by atoms with Gasteiger partial charge in [0.2, 0.25) is 5.91 Å². The van der Waals surface area contributed by atoms with Crippen LogP contribution in [0.1, 0.15) is 23.7 Å². The van der Waals surface area contributed by atoms with Crippen molar-refractivity contribution in [2.45, 2.75) is 23.9 Å². The zero-order chi connectivity index (χ0) is 22.5. The van der Waals surface area contributed by atoms with Gasteiger partial charge in [0.05, 0.1) is 0 Å². The number of carbonyl (C=O) groups excluding carboxylic acids is 2. The molecule has 2 atom stereocenters. The highest BCUT2D eigenvalue weighted by molar-refractivity contribution is 8.00. The second-order valence-corrected chi connectivity index (χ2v) is 8.70. The maximum atomic E-state index is 13.5. The van der Waals surface area contributed by atoms with Gasteiger partial charge in [0.1, 0.15) is 17.1 Å². The Morgan fingerprint density at radius 1 is 1.16 bits per heavy atom. The molecule has 0 aliphatic carbocycles. The van der Waals surface area contributed by atoms with Crippen molar-refractivity contribution in [1.82, 2.24) is 4.90 Å². The molecule has 7 heteroatoms. The first-order valence-electron chi connectivity index (χ1n) is 10.5. The topological polar surface area (TPSA) is 81.9 Å². The van der Waals surface area contributed by atoms with Crippen LogP contribution in [0, 0.1) is 0 Å². The molecule has 2 aromatic rings. The number of hydrogen-bond donors (Lipinski definition) is 1. The molecule has 2 aromatic carbocycles. The summed E-state index contributed by atoms with van der Waals surface area (Å²) in [6, 6.07) is 18.6. The molecule has 0 bridgehead atoms. The highest BCUT2D eigenvalue weighted by atomic mass is 32.2. The maximum absolute atomic E-state index is 13.5. The minimum absolute atomic E-state index is 0.243. The number of rotatable bonds is 8. The Kier molecular flexibility index (Phi) is 7.09. The molecule has 2 aliphatic rings. The van der Waals surface area contributed by atoms with Gasteiger partial charge in [-0.05, 0) is 23.1 Å².